The Labute approximate surface area is 195 Å². The molecule has 0 atom stereocenters. The second kappa shape index (κ2) is 11.7. The van der Waals surface area contributed by atoms with Gasteiger partial charge in [0.25, 0.3) is 0 Å². The quantitative estimate of drug-likeness (QED) is 0.398. The van der Waals surface area contributed by atoms with Crippen molar-refractivity contribution in [1.82, 2.24) is 4.90 Å². The molecule has 3 rings (SSSR count). The summed E-state index contributed by atoms with van der Waals surface area (Å²) in [5, 5.41) is 10.2. The smallest absolute Gasteiger partial charge is 0.166 e. The van der Waals surface area contributed by atoms with Crippen molar-refractivity contribution in [2.75, 3.05) is 41.0 Å². The van der Waals surface area contributed by atoms with Crippen LogP contribution in [0.15, 0.2) is 36.4 Å². The molecule has 0 aromatic heterocycles. The number of Topliss-reactive ketones (excluding diaryl/α,β-unsaturated/α-hetero) is 2. The molecule has 0 aliphatic carbocycles. The summed E-state index contributed by atoms with van der Waals surface area (Å²) in [5.41, 5.74) is 0.997. The van der Waals surface area contributed by atoms with Gasteiger partial charge in [0.15, 0.2) is 23.1 Å². The molecular weight excluding hydrogens is 422 g/mol. The number of methoxy groups -OCH3 is 3. The molecule has 1 aliphatic heterocycles. The van der Waals surface area contributed by atoms with Gasteiger partial charge in [-0.3, -0.25) is 9.59 Å². The van der Waals surface area contributed by atoms with E-state index in [0.29, 0.717) is 17.9 Å². The minimum absolute atomic E-state index is 0.0595. The molecule has 1 aliphatic rings. The normalized spacial score (nSPS) is 14.6. The third-order valence-electron chi connectivity index (χ3n) is 6.26. The Bertz CT molecular complexity index is 948. The molecule has 0 saturated carbocycles. The van der Waals surface area contributed by atoms with Gasteiger partial charge in [0, 0.05) is 24.0 Å². The lowest BCUT2D eigenvalue weighted by molar-refractivity contribution is 0.0836. The van der Waals surface area contributed by atoms with Gasteiger partial charge in [0.2, 0.25) is 0 Å². The molecule has 0 bridgehead atoms. The van der Waals surface area contributed by atoms with Crippen molar-refractivity contribution in [3.8, 4) is 23.0 Å². The van der Waals surface area contributed by atoms with E-state index >= 15 is 0 Å². The standard InChI is InChI=1S/C26H33NO6/c1-31-20-9-7-18(8-10-20)26(30)19-11-14-27(15-12-19)13-5-4-6-22(28)21-16-24(32-2)25(33-3)17-23(21)29/h7-10,16-17,19,29H,4-6,11-15H2,1-3H3. The molecule has 1 fully saturated rings. The third-order valence-corrected chi connectivity index (χ3v) is 6.26. The Hall–Kier alpha value is -3.06. The van der Waals surface area contributed by atoms with E-state index in [1.165, 1.54) is 26.4 Å². The second-order valence-corrected chi connectivity index (χ2v) is 8.31. The number of carbonyl (C=O) groups excluding carboxylic acids is 2. The Morgan fingerprint density at radius 1 is 0.939 bits per heavy atom. The van der Waals surface area contributed by atoms with Crippen LogP contribution in [0.3, 0.4) is 0 Å². The third kappa shape index (κ3) is 6.26. The summed E-state index contributed by atoms with van der Waals surface area (Å²) in [4.78, 5) is 27.7. The summed E-state index contributed by atoms with van der Waals surface area (Å²) >= 11 is 0. The summed E-state index contributed by atoms with van der Waals surface area (Å²) in [5.74, 6) is 1.62. The highest BCUT2D eigenvalue weighted by molar-refractivity contribution is 5.99. The predicted molar refractivity (Wildman–Crippen MR) is 126 cm³/mol. The first kappa shape index (κ1) is 24.6. The van der Waals surface area contributed by atoms with E-state index in [1.807, 2.05) is 24.3 Å². The van der Waals surface area contributed by atoms with Crippen LogP contribution in [-0.4, -0.2) is 62.5 Å². The summed E-state index contributed by atoms with van der Waals surface area (Å²) < 4.78 is 15.5. The number of aromatic hydroxyl groups is 1. The number of ether oxygens (including phenoxy) is 3. The molecule has 0 amide bonds. The number of hydrogen-bond acceptors (Lipinski definition) is 7. The number of benzene rings is 2. The molecule has 0 spiro atoms. The van der Waals surface area contributed by atoms with Gasteiger partial charge in [-0.15, -0.1) is 0 Å². The average molecular weight is 456 g/mol. The molecular formula is C26H33NO6. The summed E-state index contributed by atoms with van der Waals surface area (Å²) in [6, 6.07) is 10.3. The SMILES string of the molecule is COc1ccc(C(=O)C2CCN(CCCCC(=O)c3cc(OC)c(OC)cc3O)CC2)cc1. The van der Waals surface area contributed by atoms with E-state index in [0.717, 1.165) is 56.6 Å². The number of rotatable bonds is 11. The number of hydrogen-bond donors (Lipinski definition) is 1. The van der Waals surface area contributed by atoms with Crippen molar-refractivity contribution in [3.63, 3.8) is 0 Å². The van der Waals surface area contributed by atoms with Gasteiger partial charge in [-0.2, -0.15) is 0 Å². The van der Waals surface area contributed by atoms with Crippen LogP contribution < -0.4 is 14.2 Å². The Morgan fingerprint density at radius 3 is 2.18 bits per heavy atom. The molecule has 1 heterocycles. The zero-order valence-corrected chi connectivity index (χ0v) is 19.6. The fourth-order valence-corrected chi connectivity index (χ4v) is 4.26. The first-order valence-electron chi connectivity index (χ1n) is 11.4. The van der Waals surface area contributed by atoms with Crippen molar-refractivity contribution in [2.45, 2.75) is 32.1 Å². The minimum Gasteiger partial charge on any atom is -0.507 e. The number of phenolic OH excluding ortho intramolecular Hbond substituents is 1. The van der Waals surface area contributed by atoms with Crippen molar-refractivity contribution < 1.29 is 28.9 Å². The van der Waals surface area contributed by atoms with Gasteiger partial charge in [-0.1, -0.05) is 0 Å². The van der Waals surface area contributed by atoms with E-state index in [2.05, 4.69) is 4.90 Å². The molecule has 2 aromatic rings. The molecule has 1 saturated heterocycles. The maximum Gasteiger partial charge on any atom is 0.166 e. The number of piperidine rings is 1. The first-order chi connectivity index (χ1) is 16.0. The van der Waals surface area contributed by atoms with Gasteiger partial charge >= 0.3 is 0 Å². The molecule has 0 unspecified atom stereocenters. The van der Waals surface area contributed by atoms with Gasteiger partial charge in [0.05, 0.1) is 26.9 Å². The van der Waals surface area contributed by atoms with E-state index < -0.39 is 0 Å². The predicted octanol–water partition coefficient (Wildman–Crippen LogP) is 4.37. The molecule has 7 heteroatoms. The highest BCUT2D eigenvalue weighted by Crippen LogP contribution is 2.34. The number of carbonyl (C=O) groups is 2. The highest BCUT2D eigenvalue weighted by Gasteiger charge is 2.25. The van der Waals surface area contributed by atoms with E-state index in [-0.39, 0.29) is 28.8 Å². The van der Waals surface area contributed by atoms with E-state index in [9.17, 15) is 14.7 Å². The maximum atomic E-state index is 12.8. The van der Waals surface area contributed by atoms with Gasteiger partial charge in [0.1, 0.15) is 11.5 Å². The summed E-state index contributed by atoms with van der Waals surface area (Å²) in [7, 11) is 4.59. The topological polar surface area (TPSA) is 85.3 Å². The molecule has 33 heavy (non-hydrogen) atoms. The highest BCUT2D eigenvalue weighted by atomic mass is 16.5. The van der Waals surface area contributed by atoms with Crippen LogP contribution in [0.4, 0.5) is 0 Å². The lowest BCUT2D eigenvalue weighted by Gasteiger charge is -2.31. The van der Waals surface area contributed by atoms with Crippen LogP contribution in [0, 0.1) is 5.92 Å². The molecule has 2 aromatic carbocycles. The van der Waals surface area contributed by atoms with Crippen LogP contribution in [0.1, 0.15) is 52.8 Å². The Balaban J connectivity index is 1.41. The first-order valence-corrected chi connectivity index (χ1v) is 11.4. The number of ketones is 2. The van der Waals surface area contributed by atoms with E-state index in [1.54, 1.807) is 7.11 Å². The number of nitrogens with zero attached hydrogens (tertiary/aromatic N) is 1. The van der Waals surface area contributed by atoms with Crippen molar-refractivity contribution >= 4 is 11.6 Å². The van der Waals surface area contributed by atoms with Crippen LogP contribution >= 0.6 is 0 Å². The largest absolute Gasteiger partial charge is 0.507 e. The average Bonchev–Trinajstić information content (AvgIpc) is 2.86. The Morgan fingerprint density at radius 2 is 1.58 bits per heavy atom. The molecule has 178 valence electrons. The Kier molecular flexibility index (Phi) is 8.72. The van der Waals surface area contributed by atoms with Gasteiger partial charge in [-0.25, -0.2) is 0 Å². The number of unbranched alkanes of at least 4 members (excludes halogenated alkanes) is 1. The summed E-state index contributed by atoms with van der Waals surface area (Å²) in [6.45, 7) is 2.67. The minimum atomic E-state index is -0.114. The zero-order valence-electron chi connectivity index (χ0n) is 19.6. The van der Waals surface area contributed by atoms with Crippen LogP contribution in [0.2, 0.25) is 0 Å². The maximum absolute atomic E-state index is 12.8. The van der Waals surface area contributed by atoms with Crippen LogP contribution in [0.25, 0.3) is 0 Å². The fraction of sp³-hybridized carbons (Fsp3) is 0.462. The number of likely N-dealkylation sites (tertiary alicyclic amines) is 1. The number of phenols is 1. The van der Waals surface area contributed by atoms with Crippen molar-refractivity contribution in [2.24, 2.45) is 5.92 Å². The zero-order chi connectivity index (χ0) is 23.8. The molecule has 0 radical (unpaired) electrons. The lowest BCUT2D eigenvalue weighted by Crippen LogP contribution is -2.37. The van der Waals surface area contributed by atoms with Crippen LogP contribution in [-0.2, 0) is 0 Å². The van der Waals surface area contributed by atoms with E-state index in [4.69, 9.17) is 14.2 Å². The second-order valence-electron chi connectivity index (χ2n) is 8.31. The molecule has 1 N–H and O–H groups in total. The fourth-order valence-electron chi connectivity index (χ4n) is 4.26. The van der Waals surface area contributed by atoms with Crippen LogP contribution in [0.5, 0.6) is 23.0 Å². The monoisotopic (exact) mass is 455 g/mol. The van der Waals surface area contributed by atoms with Gasteiger partial charge in [-0.05, 0) is 75.6 Å². The molecule has 7 nitrogen and oxygen atoms in total. The van der Waals surface area contributed by atoms with Crippen molar-refractivity contribution in [1.29, 1.82) is 0 Å². The summed E-state index contributed by atoms with van der Waals surface area (Å²) in [6.07, 6.45) is 3.68. The van der Waals surface area contributed by atoms with Gasteiger partial charge < -0.3 is 24.2 Å². The lowest BCUT2D eigenvalue weighted by atomic mass is 9.89. The van der Waals surface area contributed by atoms with Crippen molar-refractivity contribution in [3.05, 3.63) is 47.5 Å².